The van der Waals surface area contributed by atoms with Crippen molar-refractivity contribution in [3.63, 3.8) is 0 Å². The van der Waals surface area contributed by atoms with Crippen LogP contribution in [-0.4, -0.2) is 47.1 Å². The average molecular weight is 390 g/mol. The molecule has 0 unspecified atom stereocenters. The minimum absolute atomic E-state index is 0.0602. The van der Waals surface area contributed by atoms with Gasteiger partial charge in [-0.3, -0.25) is 4.79 Å². The first-order chi connectivity index (χ1) is 14.1. The van der Waals surface area contributed by atoms with Gasteiger partial charge in [-0.15, -0.1) is 0 Å². The maximum atomic E-state index is 13.6. The molecule has 6 heteroatoms. The summed E-state index contributed by atoms with van der Waals surface area (Å²) in [5.74, 6) is 1.43. The van der Waals surface area contributed by atoms with Crippen molar-refractivity contribution < 1.29 is 9.32 Å². The Hall–Kier alpha value is -2.73. The molecule has 2 aliphatic rings. The van der Waals surface area contributed by atoms with Crippen LogP contribution in [0.2, 0.25) is 0 Å². The van der Waals surface area contributed by atoms with Gasteiger partial charge in [0.1, 0.15) is 0 Å². The molecule has 1 N–H and O–H groups in total. The molecule has 2 aliphatic heterocycles. The molecule has 2 aromatic heterocycles. The number of carbonyl (C=O) groups excluding carboxylic acids is 1. The molecule has 150 valence electrons. The fourth-order valence-electron chi connectivity index (χ4n) is 4.73. The summed E-state index contributed by atoms with van der Waals surface area (Å²) in [6, 6.07) is 10.1. The van der Waals surface area contributed by atoms with Gasteiger partial charge in [0.2, 0.25) is 0 Å². The number of carbonyl (C=O) groups is 1. The van der Waals surface area contributed by atoms with Gasteiger partial charge in [0.15, 0.2) is 0 Å². The number of rotatable bonds is 2. The summed E-state index contributed by atoms with van der Waals surface area (Å²) in [6.45, 7) is 7.68. The molecule has 0 radical (unpaired) electrons. The molecule has 5 rings (SSSR count). The van der Waals surface area contributed by atoms with Crippen LogP contribution in [0.3, 0.4) is 0 Å². The Morgan fingerprint density at radius 1 is 1.10 bits per heavy atom. The summed E-state index contributed by atoms with van der Waals surface area (Å²) in [5.41, 5.74) is 4.69. The van der Waals surface area contributed by atoms with E-state index in [0.717, 1.165) is 55.7 Å². The van der Waals surface area contributed by atoms with Gasteiger partial charge >= 0.3 is 0 Å². The van der Waals surface area contributed by atoms with Gasteiger partial charge in [0.05, 0.1) is 22.3 Å². The van der Waals surface area contributed by atoms with Crippen molar-refractivity contribution in [2.75, 3.05) is 26.2 Å². The Kier molecular flexibility index (Phi) is 4.59. The van der Waals surface area contributed by atoms with Gasteiger partial charge in [-0.25, -0.2) is 4.98 Å². The molecule has 0 aliphatic carbocycles. The Morgan fingerprint density at radius 3 is 2.48 bits per heavy atom. The van der Waals surface area contributed by atoms with E-state index in [1.807, 2.05) is 30.0 Å². The first-order valence-corrected chi connectivity index (χ1v) is 10.4. The van der Waals surface area contributed by atoms with Crippen LogP contribution < -0.4 is 5.32 Å². The number of likely N-dealkylation sites (tertiary alicyclic amines) is 1. The first kappa shape index (κ1) is 18.3. The van der Waals surface area contributed by atoms with E-state index in [4.69, 9.17) is 4.52 Å². The van der Waals surface area contributed by atoms with E-state index < -0.39 is 0 Å². The van der Waals surface area contributed by atoms with Crippen molar-refractivity contribution in [1.82, 2.24) is 20.4 Å². The number of hydrogen-bond donors (Lipinski definition) is 1. The van der Waals surface area contributed by atoms with E-state index in [9.17, 15) is 4.79 Å². The second-order valence-corrected chi connectivity index (χ2v) is 8.42. The number of aryl methyl sites for hydroxylation is 2. The number of benzene rings is 1. The van der Waals surface area contributed by atoms with Gasteiger partial charge in [-0.05, 0) is 57.7 Å². The molecule has 3 aromatic rings. The summed E-state index contributed by atoms with van der Waals surface area (Å²) in [7, 11) is 0. The zero-order valence-electron chi connectivity index (χ0n) is 16.9. The van der Waals surface area contributed by atoms with E-state index in [0.29, 0.717) is 28.8 Å². The monoisotopic (exact) mass is 390 g/mol. The maximum Gasteiger partial charge on any atom is 0.259 e. The Balaban J connectivity index is 1.53. The van der Waals surface area contributed by atoms with E-state index in [1.165, 1.54) is 5.56 Å². The van der Waals surface area contributed by atoms with E-state index in [2.05, 4.69) is 34.5 Å². The van der Waals surface area contributed by atoms with Crippen LogP contribution in [-0.2, 0) is 0 Å². The highest BCUT2D eigenvalue weighted by molar-refractivity contribution is 6.07. The standard InChI is InChI=1S/C23H26N4O2/c1-14-3-5-16(6-4-14)20-11-19(21-15(2)26-29-22(21)25-20)23(28)27-9-7-17-12-24-13-18(17)8-10-27/h3-6,11,17-18,24H,7-10,12-13H2,1-2H3/t17-,18+. The lowest BCUT2D eigenvalue weighted by Gasteiger charge is -2.21. The Morgan fingerprint density at radius 2 is 1.79 bits per heavy atom. The molecule has 1 aromatic carbocycles. The average Bonchev–Trinajstić information content (AvgIpc) is 3.28. The lowest BCUT2D eigenvalue weighted by Crippen LogP contribution is -2.33. The molecule has 2 atom stereocenters. The Labute approximate surface area is 170 Å². The second-order valence-electron chi connectivity index (χ2n) is 8.42. The van der Waals surface area contributed by atoms with E-state index in [1.54, 1.807) is 0 Å². The van der Waals surface area contributed by atoms with Crippen LogP contribution in [0.15, 0.2) is 34.9 Å². The zero-order valence-corrected chi connectivity index (χ0v) is 16.9. The van der Waals surface area contributed by atoms with Crippen molar-refractivity contribution in [2.24, 2.45) is 11.8 Å². The molecule has 4 heterocycles. The number of nitrogens with one attached hydrogen (secondary N) is 1. The third-order valence-corrected chi connectivity index (χ3v) is 6.50. The first-order valence-electron chi connectivity index (χ1n) is 10.4. The molecule has 0 bridgehead atoms. The molecule has 2 saturated heterocycles. The summed E-state index contributed by atoms with van der Waals surface area (Å²) < 4.78 is 5.46. The molecule has 29 heavy (non-hydrogen) atoms. The van der Waals surface area contributed by atoms with Gasteiger partial charge in [0, 0.05) is 18.7 Å². The van der Waals surface area contributed by atoms with E-state index in [-0.39, 0.29) is 5.91 Å². The minimum Gasteiger partial charge on any atom is -0.339 e. The lowest BCUT2D eigenvalue weighted by molar-refractivity contribution is 0.0760. The van der Waals surface area contributed by atoms with Crippen LogP contribution in [0.25, 0.3) is 22.4 Å². The van der Waals surface area contributed by atoms with Crippen LogP contribution >= 0.6 is 0 Å². The third-order valence-electron chi connectivity index (χ3n) is 6.50. The quantitative estimate of drug-likeness (QED) is 0.724. The largest absolute Gasteiger partial charge is 0.339 e. The Bertz CT molecular complexity index is 1040. The van der Waals surface area contributed by atoms with Crippen molar-refractivity contribution in [2.45, 2.75) is 26.7 Å². The summed E-state index contributed by atoms with van der Waals surface area (Å²) in [4.78, 5) is 20.2. The minimum atomic E-state index is 0.0602. The third kappa shape index (κ3) is 3.31. The molecule has 0 spiro atoms. The predicted molar refractivity (Wildman–Crippen MR) is 112 cm³/mol. The van der Waals surface area contributed by atoms with Crippen molar-refractivity contribution >= 4 is 17.0 Å². The highest BCUT2D eigenvalue weighted by atomic mass is 16.5. The van der Waals surface area contributed by atoms with Gasteiger partial charge in [0.25, 0.3) is 11.6 Å². The fraction of sp³-hybridized carbons (Fsp3) is 0.435. The van der Waals surface area contributed by atoms with Crippen molar-refractivity contribution in [3.05, 3.63) is 47.2 Å². The molecule has 2 fully saturated rings. The topological polar surface area (TPSA) is 71.3 Å². The highest BCUT2D eigenvalue weighted by Gasteiger charge is 2.32. The number of fused-ring (bicyclic) bond motifs is 2. The van der Waals surface area contributed by atoms with Crippen molar-refractivity contribution in [1.29, 1.82) is 0 Å². The number of hydrogen-bond acceptors (Lipinski definition) is 5. The smallest absolute Gasteiger partial charge is 0.259 e. The van der Waals surface area contributed by atoms with Crippen LogP contribution in [0, 0.1) is 25.7 Å². The molecule has 6 nitrogen and oxygen atoms in total. The molecule has 0 saturated carbocycles. The van der Waals surface area contributed by atoms with Gasteiger partial charge < -0.3 is 14.7 Å². The molecular weight excluding hydrogens is 364 g/mol. The maximum absolute atomic E-state index is 13.6. The fourth-order valence-corrected chi connectivity index (χ4v) is 4.73. The van der Waals surface area contributed by atoms with Gasteiger partial charge in [-0.2, -0.15) is 0 Å². The van der Waals surface area contributed by atoms with E-state index >= 15 is 0 Å². The second kappa shape index (κ2) is 7.26. The lowest BCUT2D eigenvalue weighted by atomic mass is 9.92. The zero-order chi connectivity index (χ0) is 20.0. The van der Waals surface area contributed by atoms with Crippen LogP contribution in [0.1, 0.15) is 34.5 Å². The number of aromatic nitrogens is 2. The summed E-state index contributed by atoms with van der Waals surface area (Å²) >= 11 is 0. The van der Waals surface area contributed by atoms with Crippen LogP contribution in [0.4, 0.5) is 0 Å². The summed E-state index contributed by atoms with van der Waals surface area (Å²) in [6.07, 6.45) is 2.12. The highest BCUT2D eigenvalue weighted by Crippen LogP contribution is 2.31. The molecule has 1 amide bonds. The van der Waals surface area contributed by atoms with Crippen LogP contribution in [0.5, 0.6) is 0 Å². The number of pyridine rings is 1. The van der Waals surface area contributed by atoms with Gasteiger partial charge in [-0.1, -0.05) is 35.0 Å². The normalized spacial score (nSPS) is 21.9. The predicted octanol–water partition coefficient (Wildman–Crippen LogP) is 3.58. The van der Waals surface area contributed by atoms with Crippen molar-refractivity contribution in [3.8, 4) is 11.3 Å². The summed E-state index contributed by atoms with van der Waals surface area (Å²) in [5, 5.41) is 8.31. The number of nitrogens with zero attached hydrogens (tertiary/aromatic N) is 3. The molecular formula is C23H26N4O2. The number of amides is 1. The SMILES string of the molecule is Cc1ccc(-c2cc(C(=O)N3CC[C@@H]4CNC[C@@H]4CC3)c3c(C)noc3n2)cc1.